The van der Waals surface area contributed by atoms with E-state index in [2.05, 4.69) is 29.0 Å². The highest BCUT2D eigenvalue weighted by atomic mass is 32.1. The number of nitrogens with two attached hydrogens (primary N) is 1. The van der Waals surface area contributed by atoms with Crippen molar-refractivity contribution in [2.75, 3.05) is 14.1 Å². The number of carbonyl (C=O) groups is 1. The first-order valence-corrected chi connectivity index (χ1v) is 11.2. The number of fused-ring (bicyclic) bond motifs is 3. The molecule has 0 aliphatic heterocycles. The molecule has 28 heavy (non-hydrogen) atoms. The van der Waals surface area contributed by atoms with Gasteiger partial charge in [0.25, 0.3) is 0 Å². The molecule has 0 spiro atoms. The number of thiophene rings is 1. The molecular weight excluding hydrogens is 372 g/mol. The second-order valence-electron chi connectivity index (χ2n) is 8.40. The molecule has 0 bridgehead atoms. The largest absolute Gasteiger partial charge is 0.474 e. The van der Waals surface area contributed by atoms with Crippen molar-refractivity contribution >= 4 is 27.5 Å². The van der Waals surface area contributed by atoms with E-state index in [1.165, 1.54) is 10.4 Å². The van der Waals surface area contributed by atoms with E-state index >= 15 is 0 Å². The first kappa shape index (κ1) is 19.6. The molecule has 1 saturated carbocycles. The van der Waals surface area contributed by atoms with Gasteiger partial charge < -0.3 is 15.4 Å². The lowest BCUT2D eigenvalue weighted by Crippen LogP contribution is -2.35. The van der Waals surface area contributed by atoms with Crippen LogP contribution in [0.25, 0.3) is 10.2 Å². The maximum absolute atomic E-state index is 11.3. The quantitative estimate of drug-likeness (QED) is 0.798. The summed E-state index contributed by atoms with van der Waals surface area (Å²) in [6.07, 6.45) is 10.9. The van der Waals surface area contributed by atoms with Crippen molar-refractivity contribution in [3.63, 3.8) is 0 Å². The molecule has 0 saturated heterocycles. The van der Waals surface area contributed by atoms with Crippen LogP contribution in [0.4, 0.5) is 0 Å². The van der Waals surface area contributed by atoms with Gasteiger partial charge in [-0.3, -0.25) is 4.79 Å². The van der Waals surface area contributed by atoms with Gasteiger partial charge in [0.05, 0.1) is 5.39 Å². The first-order chi connectivity index (χ1) is 13.5. The van der Waals surface area contributed by atoms with Crippen molar-refractivity contribution in [2.45, 2.75) is 75.9 Å². The second-order valence-corrected chi connectivity index (χ2v) is 9.49. The lowest BCUT2D eigenvalue weighted by atomic mass is 9.83. The molecule has 152 valence electrons. The number of hydrogen-bond acceptors (Lipinski definition) is 6. The number of amides is 1. The number of aryl methyl sites for hydroxylation is 1. The summed E-state index contributed by atoms with van der Waals surface area (Å²) in [5.74, 6) is 0.863. The SMILES string of the molecule is CN(C)C1CCC(Oc2ncnc3sc4c(c23)C(CCC(N)=O)CCC4)CC1. The molecule has 1 unspecified atom stereocenters. The molecule has 4 rings (SSSR count). The molecule has 2 aliphatic carbocycles. The number of ether oxygens (including phenoxy) is 1. The Labute approximate surface area is 170 Å². The Morgan fingerprint density at radius 2 is 2.04 bits per heavy atom. The summed E-state index contributed by atoms with van der Waals surface area (Å²) in [7, 11) is 4.31. The summed E-state index contributed by atoms with van der Waals surface area (Å²) in [4.78, 5) is 25.1. The van der Waals surface area contributed by atoms with E-state index in [1.807, 2.05) is 0 Å². The molecule has 2 heterocycles. The van der Waals surface area contributed by atoms with Gasteiger partial charge >= 0.3 is 0 Å². The average Bonchev–Trinajstić information content (AvgIpc) is 3.07. The maximum atomic E-state index is 11.3. The third-order valence-electron chi connectivity index (χ3n) is 6.32. The Morgan fingerprint density at radius 1 is 1.25 bits per heavy atom. The minimum absolute atomic E-state index is 0.220. The van der Waals surface area contributed by atoms with Crippen molar-refractivity contribution in [1.82, 2.24) is 14.9 Å². The van der Waals surface area contributed by atoms with Crippen LogP contribution in [0.3, 0.4) is 0 Å². The van der Waals surface area contributed by atoms with E-state index in [0.717, 1.165) is 67.5 Å². The van der Waals surface area contributed by atoms with Crippen LogP contribution in [0.5, 0.6) is 5.88 Å². The van der Waals surface area contributed by atoms with Crippen LogP contribution in [0, 0.1) is 0 Å². The zero-order valence-corrected chi connectivity index (χ0v) is 17.6. The van der Waals surface area contributed by atoms with Gasteiger partial charge in [-0.1, -0.05) is 0 Å². The summed E-state index contributed by atoms with van der Waals surface area (Å²) < 4.78 is 6.44. The molecule has 6 nitrogen and oxygen atoms in total. The van der Waals surface area contributed by atoms with Crippen molar-refractivity contribution < 1.29 is 9.53 Å². The fourth-order valence-electron chi connectivity index (χ4n) is 4.78. The molecule has 2 aromatic heterocycles. The Morgan fingerprint density at radius 3 is 2.75 bits per heavy atom. The predicted octanol–water partition coefficient (Wildman–Crippen LogP) is 3.63. The number of nitrogens with zero attached hydrogens (tertiary/aromatic N) is 3. The normalized spacial score (nSPS) is 25.0. The first-order valence-electron chi connectivity index (χ1n) is 10.4. The molecule has 1 amide bonds. The minimum atomic E-state index is -0.225. The topological polar surface area (TPSA) is 81.3 Å². The fraction of sp³-hybridized carbons (Fsp3) is 0.667. The fourth-order valence-corrected chi connectivity index (χ4v) is 6.03. The van der Waals surface area contributed by atoms with Gasteiger partial charge in [0, 0.05) is 17.3 Å². The lowest BCUT2D eigenvalue weighted by Gasteiger charge is -2.32. The lowest BCUT2D eigenvalue weighted by molar-refractivity contribution is -0.118. The minimum Gasteiger partial charge on any atom is -0.474 e. The average molecular weight is 403 g/mol. The summed E-state index contributed by atoms with van der Waals surface area (Å²) in [5.41, 5.74) is 6.74. The Bertz CT molecular complexity index is 842. The highest BCUT2D eigenvalue weighted by molar-refractivity contribution is 7.18. The van der Waals surface area contributed by atoms with Crippen LogP contribution in [-0.4, -0.2) is 47.0 Å². The van der Waals surface area contributed by atoms with Crippen LogP contribution in [0.1, 0.15) is 67.7 Å². The molecule has 2 aliphatic rings. The third-order valence-corrected chi connectivity index (χ3v) is 7.50. The molecule has 0 aromatic carbocycles. The Hall–Kier alpha value is -1.73. The number of rotatable bonds is 6. The van der Waals surface area contributed by atoms with Crippen LogP contribution in [0.15, 0.2) is 6.33 Å². The van der Waals surface area contributed by atoms with E-state index in [9.17, 15) is 4.79 Å². The monoisotopic (exact) mass is 402 g/mol. The van der Waals surface area contributed by atoms with Gasteiger partial charge in [-0.2, -0.15) is 0 Å². The van der Waals surface area contributed by atoms with E-state index < -0.39 is 0 Å². The molecule has 2 aromatic rings. The Balaban J connectivity index is 1.59. The van der Waals surface area contributed by atoms with Crippen molar-refractivity contribution in [3.8, 4) is 5.88 Å². The summed E-state index contributed by atoms with van der Waals surface area (Å²) in [6, 6.07) is 0.650. The van der Waals surface area contributed by atoms with Crippen molar-refractivity contribution in [2.24, 2.45) is 5.73 Å². The van der Waals surface area contributed by atoms with Gasteiger partial charge in [-0.25, -0.2) is 9.97 Å². The van der Waals surface area contributed by atoms with Crippen LogP contribution in [-0.2, 0) is 11.2 Å². The molecular formula is C21H30N4O2S. The number of aromatic nitrogens is 2. The standard InChI is InChI=1S/C21H30N4O2S/c1-25(2)14-7-9-15(10-8-14)27-20-19-18-13(6-11-17(22)26)4-3-5-16(18)28-21(19)24-12-23-20/h12-15H,3-11H2,1-2H3,(H2,22,26). The van der Waals surface area contributed by atoms with E-state index in [0.29, 0.717) is 18.4 Å². The van der Waals surface area contributed by atoms with Gasteiger partial charge in [0.1, 0.15) is 17.3 Å². The van der Waals surface area contributed by atoms with E-state index in [4.69, 9.17) is 10.5 Å². The molecule has 0 radical (unpaired) electrons. The van der Waals surface area contributed by atoms with Crippen molar-refractivity contribution in [3.05, 3.63) is 16.8 Å². The Kier molecular flexibility index (Phi) is 5.83. The summed E-state index contributed by atoms with van der Waals surface area (Å²) in [5, 5.41) is 1.09. The maximum Gasteiger partial charge on any atom is 0.225 e. The zero-order valence-electron chi connectivity index (χ0n) is 16.8. The van der Waals surface area contributed by atoms with Gasteiger partial charge in [0.15, 0.2) is 0 Å². The molecule has 1 fully saturated rings. The van der Waals surface area contributed by atoms with Crippen LogP contribution >= 0.6 is 11.3 Å². The molecule has 1 atom stereocenters. The number of carbonyl (C=O) groups excluding carboxylic acids is 1. The molecule has 2 N–H and O–H groups in total. The van der Waals surface area contributed by atoms with Gasteiger partial charge in [-0.05, 0) is 76.9 Å². The molecule has 7 heteroatoms. The predicted molar refractivity (Wildman–Crippen MR) is 112 cm³/mol. The van der Waals surface area contributed by atoms with Crippen molar-refractivity contribution in [1.29, 1.82) is 0 Å². The smallest absolute Gasteiger partial charge is 0.225 e. The summed E-state index contributed by atoms with van der Waals surface area (Å²) in [6.45, 7) is 0. The third kappa shape index (κ3) is 4.01. The van der Waals surface area contributed by atoms with Gasteiger partial charge in [-0.15, -0.1) is 11.3 Å². The zero-order chi connectivity index (χ0) is 19.7. The van der Waals surface area contributed by atoms with E-state index in [-0.39, 0.29) is 12.0 Å². The number of hydrogen-bond donors (Lipinski definition) is 1. The van der Waals surface area contributed by atoms with E-state index in [1.54, 1.807) is 17.7 Å². The second kappa shape index (κ2) is 8.33. The highest BCUT2D eigenvalue weighted by Gasteiger charge is 2.30. The highest BCUT2D eigenvalue weighted by Crippen LogP contribution is 2.46. The number of primary amides is 1. The van der Waals surface area contributed by atoms with Crippen LogP contribution < -0.4 is 10.5 Å². The van der Waals surface area contributed by atoms with Crippen LogP contribution in [0.2, 0.25) is 0 Å². The van der Waals surface area contributed by atoms with Gasteiger partial charge in [0.2, 0.25) is 11.8 Å². The summed E-state index contributed by atoms with van der Waals surface area (Å²) >= 11 is 1.76.